The minimum absolute atomic E-state index is 0.0887. The molecule has 0 spiro atoms. The Balaban J connectivity index is 1.69. The molecule has 3 aromatic rings. The van der Waals surface area contributed by atoms with Crippen LogP contribution in [0.1, 0.15) is 74.9 Å². The first-order chi connectivity index (χ1) is 19.8. The second kappa shape index (κ2) is 12.6. The number of nitrogens with zero attached hydrogens (tertiary/aromatic N) is 2. The van der Waals surface area contributed by atoms with E-state index in [0.29, 0.717) is 23.2 Å². The number of hydrogen-bond donors (Lipinski definition) is 1. The molecule has 2 atom stereocenters. The van der Waals surface area contributed by atoms with Crippen molar-refractivity contribution in [1.29, 1.82) is 0 Å². The molecule has 0 saturated heterocycles. The van der Waals surface area contributed by atoms with Gasteiger partial charge in [0.1, 0.15) is 11.6 Å². The summed E-state index contributed by atoms with van der Waals surface area (Å²) in [5, 5.41) is 9.52. The van der Waals surface area contributed by atoms with Gasteiger partial charge in [0.25, 0.3) is 0 Å². The largest absolute Gasteiger partial charge is 0.481 e. The Kier molecular flexibility index (Phi) is 9.30. The maximum absolute atomic E-state index is 15.3. The first kappa shape index (κ1) is 31.1. The minimum atomic E-state index is -2.46. The van der Waals surface area contributed by atoms with Crippen LogP contribution in [-0.4, -0.2) is 51.8 Å². The van der Waals surface area contributed by atoms with Crippen molar-refractivity contribution in [3.05, 3.63) is 77.2 Å². The monoisotopic (exact) mass is 580 g/mol. The van der Waals surface area contributed by atoms with Crippen molar-refractivity contribution in [1.82, 2.24) is 9.88 Å². The number of aliphatic carboxylic acids is 1. The van der Waals surface area contributed by atoms with E-state index in [-0.39, 0.29) is 35.2 Å². The lowest BCUT2D eigenvalue weighted by atomic mass is 9.81. The van der Waals surface area contributed by atoms with Gasteiger partial charge < -0.3 is 14.6 Å². The van der Waals surface area contributed by atoms with Crippen molar-refractivity contribution in [2.75, 3.05) is 7.11 Å². The van der Waals surface area contributed by atoms with Crippen molar-refractivity contribution in [3.63, 3.8) is 0 Å². The number of methoxy groups -OCH3 is 1. The maximum Gasteiger partial charge on any atom is 0.343 e. The maximum atomic E-state index is 15.3. The number of ether oxygens (including phenoxy) is 2. The molecule has 1 fully saturated rings. The summed E-state index contributed by atoms with van der Waals surface area (Å²) in [6, 6.07) is 13.2. The smallest absolute Gasteiger partial charge is 0.343 e. The molecule has 0 bridgehead atoms. The molecule has 9 heteroatoms. The lowest BCUT2D eigenvalue weighted by Crippen LogP contribution is -2.38. The number of carboxylic acid groups (broad SMARTS) is 1. The fourth-order valence-corrected chi connectivity index (χ4v) is 5.54. The summed E-state index contributed by atoms with van der Waals surface area (Å²) in [4.78, 5) is 31.2. The molecule has 1 aliphatic rings. The highest BCUT2D eigenvalue weighted by molar-refractivity contribution is 5.92. The predicted octanol–water partition coefficient (Wildman–Crippen LogP) is 7.04. The van der Waals surface area contributed by atoms with Gasteiger partial charge in [-0.05, 0) is 94.3 Å². The Bertz CT molecular complexity index is 1440. The van der Waals surface area contributed by atoms with Crippen LogP contribution in [0.4, 0.5) is 8.78 Å². The minimum Gasteiger partial charge on any atom is -0.481 e. The molecule has 1 aromatic heterocycles. The van der Waals surface area contributed by atoms with Gasteiger partial charge >= 0.3 is 11.9 Å². The fraction of sp³-hybridized carbons (Fsp3) is 0.424. The van der Waals surface area contributed by atoms with E-state index in [1.165, 1.54) is 19.2 Å². The standard InChI is InChI=1S/C33H38F2N2O5/c1-19(2)37(20(3)4)18-24-14-23(12-13-26(24)27-16-29(41-6)36-17-28(27)34)31(38)42-25-9-7-8-22(15-25)30(21-10-11-21)33(5,35)32(39)40/h7-9,12-17,19-21,30H,10-11,18H2,1-6H3,(H,39,40)/t30-,33?/m0/s1. The zero-order valence-corrected chi connectivity index (χ0v) is 24.9. The number of esters is 1. The van der Waals surface area contributed by atoms with Crippen LogP contribution >= 0.6 is 0 Å². The van der Waals surface area contributed by atoms with Crippen LogP contribution in [-0.2, 0) is 11.3 Å². The summed E-state index contributed by atoms with van der Waals surface area (Å²) in [5.41, 5.74) is -0.114. The van der Waals surface area contributed by atoms with E-state index in [2.05, 4.69) is 37.6 Å². The Labute approximate surface area is 245 Å². The molecule has 4 rings (SSSR count). The zero-order valence-electron chi connectivity index (χ0n) is 24.9. The number of carboxylic acids is 1. The molecule has 1 saturated carbocycles. The van der Waals surface area contributed by atoms with Crippen LogP contribution in [0.3, 0.4) is 0 Å². The Morgan fingerprint density at radius 3 is 2.36 bits per heavy atom. The van der Waals surface area contributed by atoms with E-state index in [1.54, 1.807) is 36.4 Å². The van der Waals surface area contributed by atoms with Gasteiger partial charge in [-0.2, -0.15) is 0 Å². The van der Waals surface area contributed by atoms with Gasteiger partial charge in [0.15, 0.2) is 0 Å². The molecule has 1 unspecified atom stereocenters. The van der Waals surface area contributed by atoms with E-state index < -0.39 is 29.3 Å². The van der Waals surface area contributed by atoms with Crippen LogP contribution in [0.15, 0.2) is 54.7 Å². The normalized spacial score (nSPS) is 15.5. The van der Waals surface area contributed by atoms with Gasteiger partial charge in [-0.3, -0.25) is 4.90 Å². The van der Waals surface area contributed by atoms with Gasteiger partial charge in [-0.1, -0.05) is 18.2 Å². The van der Waals surface area contributed by atoms with Crippen molar-refractivity contribution < 1.29 is 33.0 Å². The van der Waals surface area contributed by atoms with Crippen LogP contribution in [0.2, 0.25) is 0 Å². The third-order valence-electron chi connectivity index (χ3n) is 7.87. The van der Waals surface area contributed by atoms with Crippen LogP contribution in [0, 0.1) is 11.7 Å². The van der Waals surface area contributed by atoms with Gasteiger partial charge in [0, 0.05) is 36.2 Å². The zero-order chi connectivity index (χ0) is 30.8. The average Bonchev–Trinajstić information content (AvgIpc) is 3.76. The number of halogens is 2. The predicted molar refractivity (Wildman–Crippen MR) is 156 cm³/mol. The second-order valence-corrected chi connectivity index (χ2v) is 11.6. The number of carbonyl (C=O) groups excluding carboxylic acids is 1. The van der Waals surface area contributed by atoms with Gasteiger partial charge in [-0.15, -0.1) is 0 Å². The van der Waals surface area contributed by atoms with Crippen molar-refractivity contribution >= 4 is 11.9 Å². The molecular formula is C33H38F2N2O5. The summed E-state index contributed by atoms with van der Waals surface area (Å²) in [5.74, 6) is -3.17. The van der Waals surface area contributed by atoms with Gasteiger partial charge in [0.2, 0.25) is 11.5 Å². The summed E-state index contributed by atoms with van der Waals surface area (Å²) in [6.07, 6.45) is 2.59. The molecule has 1 N–H and O–H groups in total. The molecule has 1 aliphatic carbocycles. The average molecular weight is 581 g/mol. The quantitative estimate of drug-likeness (QED) is 0.182. The number of benzene rings is 2. The fourth-order valence-electron chi connectivity index (χ4n) is 5.54. The SMILES string of the molecule is COc1cc(-c2ccc(C(=O)Oc3cccc([C@H](C4CC4)C(C)(F)C(=O)O)c3)cc2CN(C(C)C)C(C)C)c(F)cn1. The number of rotatable bonds is 12. The molecule has 0 amide bonds. The molecule has 7 nitrogen and oxygen atoms in total. The number of carbonyl (C=O) groups is 2. The number of pyridine rings is 1. The molecule has 1 heterocycles. The summed E-state index contributed by atoms with van der Waals surface area (Å²) < 4.78 is 41.2. The highest BCUT2D eigenvalue weighted by Crippen LogP contribution is 2.50. The Morgan fingerprint density at radius 1 is 1.07 bits per heavy atom. The first-order valence-electron chi connectivity index (χ1n) is 14.2. The Morgan fingerprint density at radius 2 is 1.76 bits per heavy atom. The summed E-state index contributed by atoms with van der Waals surface area (Å²) >= 11 is 0. The topological polar surface area (TPSA) is 89.0 Å². The van der Waals surface area contributed by atoms with E-state index in [9.17, 15) is 19.1 Å². The van der Waals surface area contributed by atoms with E-state index in [0.717, 1.165) is 31.5 Å². The van der Waals surface area contributed by atoms with Gasteiger partial charge in [0.05, 0.1) is 18.9 Å². The highest BCUT2D eigenvalue weighted by atomic mass is 19.1. The van der Waals surface area contributed by atoms with E-state index in [4.69, 9.17) is 9.47 Å². The summed E-state index contributed by atoms with van der Waals surface area (Å²) in [6.45, 7) is 9.81. The second-order valence-electron chi connectivity index (χ2n) is 11.6. The lowest BCUT2D eigenvalue weighted by Gasteiger charge is -2.31. The number of hydrogen-bond acceptors (Lipinski definition) is 6. The molecule has 224 valence electrons. The molecule has 0 aliphatic heterocycles. The third-order valence-corrected chi connectivity index (χ3v) is 7.87. The Hall–Kier alpha value is -3.85. The van der Waals surface area contributed by atoms with Crippen molar-refractivity contribution in [2.24, 2.45) is 5.92 Å². The lowest BCUT2D eigenvalue weighted by molar-refractivity contribution is -0.151. The molecular weight excluding hydrogens is 542 g/mol. The van der Waals surface area contributed by atoms with Gasteiger partial charge in [-0.25, -0.2) is 23.4 Å². The number of aromatic nitrogens is 1. The van der Waals surface area contributed by atoms with E-state index >= 15 is 4.39 Å². The van der Waals surface area contributed by atoms with Crippen molar-refractivity contribution in [2.45, 2.75) is 77.7 Å². The van der Waals surface area contributed by atoms with Crippen LogP contribution in [0.5, 0.6) is 11.6 Å². The highest BCUT2D eigenvalue weighted by Gasteiger charge is 2.50. The van der Waals surface area contributed by atoms with Crippen LogP contribution < -0.4 is 9.47 Å². The third kappa shape index (κ3) is 6.78. The number of alkyl halides is 1. The van der Waals surface area contributed by atoms with E-state index in [1.807, 2.05) is 0 Å². The summed E-state index contributed by atoms with van der Waals surface area (Å²) in [7, 11) is 1.46. The first-order valence-corrected chi connectivity index (χ1v) is 14.2. The molecule has 42 heavy (non-hydrogen) atoms. The molecule has 0 radical (unpaired) electrons. The van der Waals surface area contributed by atoms with Crippen LogP contribution in [0.25, 0.3) is 11.1 Å². The van der Waals surface area contributed by atoms with Crippen molar-refractivity contribution in [3.8, 4) is 22.8 Å². The molecule has 2 aromatic carbocycles.